The molecule has 0 saturated heterocycles. The summed E-state index contributed by atoms with van der Waals surface area (Å²) < 4.78 is 112. The summed E-state index contributed by atoms with van der Waals surface area (Å²) in [7, 11) is -4.27. The van der Waals surface area contributed by atoms with Crippen LogP contribution in [0.4, 0.5) is 32.2 Å². The zero-order valence-corrected chi connectivity index (χ0v) is 20.9. The lowest BCUT2D eigenvalue weighted by Crippen LogP contribution is -2.56. The van der Waals surface area contributed by atoms with E-state index in [1.54, 1.807) is 0 Å². The molecule has 6 rings (SSSR count). The Labute approximate surface area is 221 Å². The number of aromatic nitrogens is 3. The maximum Gasteiger partial charge on any atom is 0.490 e. The molecule has 2 bridgehead atoms. The number of nitrogens with zero attached hydrogens (tertiary/aromatic N) is 4. The van der Waals surface area contributed by atoms with Gasteiger partial charge >= 0.3 is 18.3 Å². The van der Waals surface area contributed by atoms with E-state index < -0.39 is 57.4 Å². The first kappa shape index (κ1) is 27.6. The van der Waals surface area contributed by atoms with E-state index in [2.05, 4.69) is 19.4 Å². The van der Waals surface area contributed by atoms with Gasteiger partial charge in [-0.15, -0.1) is 0 Å². The summed E-state index contributed by atoms with van der Waals surface area (Å²) in [5.41, 5.74) is 2.29. The molecule has 3 fully saturated rings. The number of sulfonamides is 1. The predicted molar refractivity (Wildman–Crippen MR) is 124 cm³/mol. The standard InChI is InChI=1S/C23H18F6N6O4S/c24-22(25,26)16-8-35-15(7-32-18(35)17(31)33-16)14-5-13(2-1-12(14)6-30)40(37,38)34-21-4-3-20(9-21,10-21)11-39-19(36)23(27,28)29/h1-2,5,7-8,34H,3-4,9-11H2,(H2,31,33). The Morgan fingerprint density at radius 3 is 2.52 bits per heavy atom. The van der Waals surface area contributed by atoms with Crippen molar-refractivity contribution < 1.29 is 44.3 Å². The number of hydrogen-bond donors (Lipinski definition) is 2. The van der Waals surface area contributed by atoms with Gasteiger partial charge < -0.3 is 10.5 Å². The molecule has 0 unspecified atom stereocenters. The fourth-order valence-corrected chi connectivity index (χ4v) is 6.99. The molecule has 3 aliphatic carbocycles. The minimum atomic E-state index is -5.14. The number of rotatable bonds is 6. The Hall–Kier alpha value is -3.91. The molecule has 0 spiro atoms. The number of halogens is 6. The van der Waals surface area contributed by atoms with Gasteiger partial charge in [0.05, 0.1) is 35.0 Å². The molecule has 3 N–H and O–H groups in total. The molecule has 17 heteroatoms. The zero-order chi connectivity index (χ0) is 29.3. The number of hydrogen-bond acceptors (Lipinski definition) is 8. The molecule has 0 atom stereocenters. The van der Waals surface area contributed by atoms with Crippen molar-refractivity contribution in [3.8, 4) is 17.3 Å². The first-order chi connectivity index (χ1) is 18.5. The van der Waals surface area contributed by atoms with Crippen molar-refractivity contribution in [2.75, 3.05) is 12.3 Å². The van der Waals surface area contributed by atoms with Crippen molar-refractivity contribution in [1.29, 1.82) is 5.26 Å². The normalized spacial score (nSPS) is 22.6. The van der Waals surface area contributed by atoms with E-state index in [0.717, 1.165) is 22.7 Å². The number of nitriles is 1. The minimum absolute atomic E-state index is 0.0393. The molecule has 3 aliphatic rings. The molecule has 2 aromatic heterocycles. The van der Waals surface area contributed by atoms with Gasteiger partial charge in [0.1, 0.15) is 0 Å². The highest BCUT2D eigenvalue weighted by Crippen LogP contribution is 2.62. The maximum atomic E-state index is 13.3. The number of fused-ring (bicyclic) bond motifs is 2. The van der Waals surface area contributed by atoms with E-state index in [0.29, 0.717) is 19.0 Å². The lowest BCUT2D eigenvalue weighted by atomic mass is 9.66. The highest BCUT2D eigenvalue weighted by molar-refractivity contribution is 7.89. The third-order valence-electron chi connectivity index (χ3n) is 7.16. The second kappa shape index (κ2) is 8.80. The Kier molecular flexibility index (Phi) is 6.08. The average Bonchev–Trinajstić information content (AvgIpc) is 3.52. The van der Waals surface area contributed by atoms with Crippen LogP contribution in [0.3, 0.4) is 0 Å². The summed E-state index contributed by atoms with van der Waals surface area (Å²) in [5, 5.41) is 9.60. The van der Waals surface area contributed by atoms with E-state index >= 15 is 0 Å². The van der Waals surface area contributed by atoms with Crippen molar-refractivity contribution in [1.82, 2.24) is 19.1 Å². The molecule has 0 radical (unpaired) electrons. The topological polar surface area (TPSA) is 152 Å². The molecule has 10 nitrogen and oxygen atoms in total. The van der Waals surface area contributed by atoms with Crippen LogP contribution < -0.4 is 10.5 Å². The van der Waals surface area contributed by atoms with Gasteiger partial charge in [0, 0.05) is 22.7 Å². The second-order valence-electron chi connectivity index (χ2n) is 9.98. The highest BCUT2D eigenvalue weighted by Gasteiger charge is 2.63. The Morgan fingerprint density at radius 2 is 1.90 bits per heavy atom. The van der Waals surface area contributed by atoms with Crippen molar-refractivity contribution in [2.24, 2.45) is 5.41 Å². The Morgan fingerprint density at radius 1 is 1.20 bits per heavy atom. The van der Waals surface area contributed by atoms with Crippen LogP contribution in [0.15, 0.2) is 35.5 Å². The largest absolute Gasteiger partial charge is 0.490 e. The molecular weight excluding hydrogens is 570 g/mol. The van der Waals surface area contributed by atoms with Gasteiger partial charge in [-0.25, -0.2) is 27.9 Å². The predicted octanol–water partition coefficient (Wildman–Crippen LogP) is 3.57. The fourth-order valence-electron chi connectivity index (χ4n) is 5.53. The number of nitrogens with one attached hydrogen (secondary N) is 1. The number of esters is 1. The number of anilines is 1. The summed E-state index contributed by atoms with van der Waals surface area (Å²) >= 11 is 0. The number of carbonyl (C=O) groups excluding carboxylic acids is 1. The van der Waals surface area contributed by atoms with Crippen molar-refractivity contribution in [2.45, 2.75) is 48.5 Å². The number of alkyl halides is 6. The monoisotopic (exact) mass is 588 g/mol. The van der Waals surface area contributed by atoms with Crippen LogP contribution in [0.2, 0.25) is 0 Å². The average molecular weight is 588 g/mol. The van der Waals surface area contributed by atoms with Gasteiger partial charge in [-0.05, 0) is 43.9 Å². The Balaban J connectivity index is 1.43. The van der Waals surface area contributed by atoms with E-state index in [9.17, 15) is 44.8 Å². The third kappa shape index (κ3) is 4.70. The van der Waals surface area contributed by atoms with Crippen molar-refractivity contribution >= 4 is 27.5 Å². The summed E-state index contributed by atoms with van der Waals surface area (Å²) in [4.78, 5) is 18.0. The van der Waals surface area contributed by atoms with Crippen LogP contribution in [0.25, 0.3) is 16.9 Å². The van der Waals surface area contributed by atoms with E-state index in [4.69, 9.17) is 5.73 Å². The molecule has 3 aromatic rings. The molecule has 1 aromatic carbocycles. The summed E-state index contributed by atoms with van der Waals surface area (Å²) in [6, 6.07) is 5.31. The number of nitrogen functional groups attached to an aromatic ring is 1. The number of nitrogens with two attached hydrogens (primary N) is 1. The van der Waals surface area contributed by atoms with Crippen LogP contribution in [0, 0.1) is 16.7 Å². The number of carbonyl (C=O) groups is 1. The van der Waals surface area contributed by atoms with Crippen LogP contribution >= 0.6 is 0 Å². The lowest BCUT2D eigenvalue weighted by molar-refractivity contribution is -0.204. The van der Waals surface area contributed by atoms with Gasteiger partial charge in [0.15, 0.2) is 17.2 Å². The third-order valence-corrected chi connectivity index (χ3v) is 8.74. The van der Waals surface area contributed by atoms with Crippen LogP contribution in [-0.4, -0.2) is 47.1 Å². The molecule has 0 amide bonds. The zero-order valence-electron chi connectivity index (χ0n) is 20.1. The van der Waals surface area contributed by atoms with Crippen LogP contribution in [0.5, 0.6) is 0 Å². The molecule has 212 valence electrons. The van der Waals surface area contributed by atoms with Gasteiger partial charge in [-0.3, -0.25) is 4.40 Å². The molecular formula is C23H18F6N6O4S. The van der Waals surface area contributed by atoms with Crippen LogP contribution in [0.1, 0.15) is 36.9 Å². The SMILES string of the molecule is N#Cc1ccc(S(=O)(=O)NC23CCC(COC(=O)C(F)(F)F)(C2)C3)cc1-c1cnc2c(N)nc(C(F)(F)F)cn12. The van der Waals surface area contributed by atoms with Gasteiger partial charge in [-0.1, -0.05) is 0 Å². The van der Waals surface area contributed by atoms with Crippen LogP contribution in [-0.2, 0) is 25.7 Å². The number of ether oxygens (including phenoxy) is 1. The van der Waals surface area contributed by atoms with E-state index in [1.165, 1.54) is 6.07 Å². The molecule has 40 heavy (non-hydrogen) atoms. The molecule has 0 aliphatic heterocycles. The van der Waals surface area contributed by atoms with Crippen molar-refractivity contribution in [3.63, 3.8) is 0 Å². The second-order valence-corrected chi connectivity index (χ2v) is 11.7. The highest BCUT2D eigenvalue weighted by atomic mass is 32.2. The molecule has 2 heterocycles. The first-order valence-electron chi connectivity index (χ1n) is 11.5. The van der Waals surface area contributed by atoms with Gasteiger partial charge in [0.2, 0.25) is 10.0 Å². The van der Waals surface area contributed by atoms with Gasteiger partial charge in [-0.2, -0.15) is 31.6 Å². The van der Waals surface area contributed by atoms with E-state index in [-0.39, 0.29) is 40.2 Å². The number of benzene rings is 1. The first-order valence-corrected chi connectivity index (χ1v) is 13.0. The maximum absolute atomic E-state index is 13.3. The lowest BCUT2D eigenvalue weighted by Gasteiger charge is -2.47. The van der Waals surface area contributed by atoms with E-state index in [1.807, 2.05) is 6.07 Å². The number of imidazole rings is 1. The quantitative estimate of drug-likeness (QED) is 0.328. The summed E-state index contributed by atoms with van der Waals surface area (Å²) in [6.45, 7) is -0.498. The molecule has 3 saturated carbocycles. The fraction of sp³-hybridized carbons (Fsp3) is 0.391. The summed E-state index contributed by atoms with van der Waals surface area (Å²) in [5.74, 6) is -2.84. The minimum Gasteiger partial charge on any atom is -0.458 e. The van der Waals surface area contributed by atoms with Crippen molar-refractivity contribution in [3.05, 3.63) is 41.9 Å². The Bertz CT molecular complexity index is 1690. The summed E-state index contributed by atoms with van der Waals surface area (Å²) in [6.07, 6.45) is -7.31. The smallest absolute Gasteiger partial charge is 0.458 e. The van der Waals surface area contributed by atoms with Gasteiger partial charge in [0.25, 0.3) is 0 Å².